The maximum atomic E-state index is 12.7. The Labute approximate surface area is 141 Å². The number of sulfonamides is 1. The van der Waals surface area contributed by atoms with Crippen LogP contribution in [0.3, 0.4) is 0 Å². The van der Waals surface area contributed by atoms with Crippen molar-refractivity contribution in [1.82, 2.24) is 9.71 Å². The normalized spacial score (nSPS) is 21.9. The summed E-state index contributed by atoms with van der Waals surface area (Å²) < 4.78 is 33.4. The average Bonchev–Trinajstić information content (AvgIpc) is 2.54. The highest BCUT2D eigenvalue weighted by molar-refractivity contribution is 7.89. The number of rotatable bonds is 4. The van der Waals surface area contributed by atoms with Crippen LogP contribution in [0.4, 0.5) is 0 Å². The second-order valence-corrected chi connectivity index (χ2v) is 8.07. The first-order chi connectivity index (χ1) is 11.4. The van der Waals surface area contributed by atoms with Crippen LogP contribution < -0.4 is 10.3 Å². The molecular weight excluding hydrogens is 328 g/mol. The number of hydrogen-bond acceptors (Lipinski definition) is 4. The van der Waals surface area contributed by atoms with Gasteiger partial charge in [-0.3, -0.25) is 4.79 Å². The zero-order valence-corrected chi connectivity index (χ0v) is 14.7. The lowest BCUT2D eigenvalue weighted by Gasteiger charge is -2.28. The number of benzene rings is 1. The Bertz CT molecular complexity index is 896. The maximum absolute atomic E-state index is 12.7. The number of aromatic amines is 1. The summed E-state index contributed by atoms with van der Waals surface area (Å²) in [6.07, 6.45) is 3.50. The molecule has 1 aromatic carbocycles. The SMILES string of the molecule is COC1CCC(NS(=O)(=O)c2ccc3[nH]c(=O)cc(C)c3c2)CC1. The van der Waals surface area contributed by atoms with E-state index in [1.807, 2.05) is 0 Å². The number of methoxy groups -OCH3 is 1. The van der Waals surface area contributed by atoms with Gasteiger partial charge in [0.2, 0.25) is 15.6 Å². The van der Waals surface area contributed by atoms with Crippen LogP contribution >= 0.6 is 0 Å². The number of fused-ring (bicyclic) bond motifs is 1. The predicted octanol–water partition coefficient (Wildman–Crippen LogP) is 2.07. The highest BCUT2D eigenvalue weighted by Crippen LogP contribution is 2.24. The number of aromatic nitrogens is 1. The number of pyridine rings is 1. The quantitative estimate of drug-likeness (QED) is 0.883. The minimum atomic E-state index is -3.59. The molecule has 3 rings (SSSR count). The first-order valence-electron chi connectivity index (χ1n) is 8.08. The van der Waals surface area contributed by atoms with E-state index in [1.165, 1.54) is 12.1 Å². The lowest BCUT2D eigenvalue weighted by molar-refractivity contribution is 0.0649. The van der Waals surface area contributed by atoms with Gasteiger partial charge in [-0.05, 0) is 56.4 Å². The van der Waals surface area contributed by atoms with E-state index >= 15 is 0 Å². The first-order valence-corrected chi connectivity index (χ1v) is 9.56. The third-order valence-electron chi connectivity index (χ3n) is 4.66. The first kappa shape index (κ1) is 17.1. The molecule has 0 saturated heterocycles. The summed E-state index contributed by atoms with van der Waals surface area (Å²) in [6, 6.07) is 6.19. The van der Waals surface area contributed by atoms with Gasteiger partial charge in [0.25, 0.3) is 0 Å². The maximum Gasteiger partial charge on any atom is 0.248 e. The van der Waals surface area contributed by atoms with Gasteiger partial charge >= 0.3 is 0 Å². The van der Waals surface area contributed by atoms with E-state index in [0.29, 0.717) is 5.52 Å². The summed E-state index contributed by atoms with van der Waals surface area (Å²) in [4.78, 5) is 14.4. The number of aryl methyl sites for hydroxylation is 1. The molecule has 7 heteroatoms. The lowest BCUT2D eigenvalue weighted by Crippen LogP contribution is -2.38. The molecule has 1 heterocycles. The number of ether oxygens (including phenoxy) is 1. The van der Waals surface area contributed by atoms with E-state index in [1.54, 1.807) is 26.2 Å². The molecule has 0 unspecified atom stereocenters. The van der Waals surface area contributed by atoms with Crippen LogP contribution in [0.25, 0.3) is 10.9 Å². The third-order valence-corrected chi connectivity index (χ3v) is 6.18. The van der Waals surface area contributed by atoms with Gasteiger partial charge in [0.1, 0.15) is 0 Å². The van der Waals surface area contributed by atoms with Gasteiger partial charge in [-0.1, -0.05) is 0 Å². The highest BCUT2D eigenvalue weighted by Gasteiger charge is 2.25. The Morgan fingerprint density at radius 1 is 1.17 bits per heavy atom. The summed E-state index contributed by atoms with van der Waals surface area (Å²) >= 11 is 0. The average molecular weight is 350 g/mol. The fraction of sp³-hybridized carbons (Fsp3) is 0.471. The molecule has 24 heavy (non-hydrogen) atoms. The van der Waals surface area contributed by atoms with Gasteiger partial charge in [0.15, 0.2) is 0 Å². The lowest BCUT2D eigenvalue weighted by atomic mass is 9.94. The molecule has 1 saturated carbocycles. The van der Waals surface area contributed by atoms with E-state index in [4.69, 9.17) is 4.74 Å². The summed E-state index contributed by atoms with van der Waals surface area (Å²) in [5, 5.41) is 0.737. The van der Waals surface area contributed by atoms with Gasteiger partial charge in [-0.2, -0.15) is 0 Å². The number of nitrogens with one attached hydrogen (secondary N) is 2. The van der Waals surface area contributed by atoms with Gasteiger partial charge < -0.3 is 9.72 Å². The zero-order valence-electron chi connectivity index (χ0n) is 13.8. The van der Waals surface area contributed by atoms with Crippen molar-refractivity contribution in [3.05, 3.63) is 40.2 Å². The molecule has 1 aromatic heterocycles. The largest absolute Gasteiger partial charge is 0.381 e. The molecule has 1 fully saturated rings. The Morgan fingerprint density at radius 3 is 2.54 bits per heavy atom. The second kappa shape index (κ2) is 6.66. The van der Waals surface area contributed by atoms with Crippen LogP contribution in [0.2, 0.25) is 0 Å². The molecule has 1 aliphatic carbocycles. The molecule has 130 valence electrons. The molecule has 0 spiro atoms. The van der Waals surface area contributed by atoms with Crippen LogP contribution in [-0.4, -0.2) is 32.7 Å². The van der Waals surface area contributed by atoms with Gasteiger partial charge in [0.05, 0.1) is 11.0 Å². The molecule has 0 bridgehead atoms. The van der Waals surface area contributed by atoms with Crippen molar-refractivity contribution >= 4 is 20.9 Å². The monoisotopic (exact) mass is 350 g/mol. The smallest absolute Gasteiger partial charge is 0.248 e. The van der Waals surface area contributed by atoms with E-state index in [2.05, 4.69) is 9.71 Å². The van der Waals surface area contributed by atoms with Gasteiger partial charge in [-0.25, -0.2) is 13.1 Å². The fourth-order valence-electron chi connectivity index (χ4n) is 3.27. The van der Waals surface area contributed by atoms with Crippen LogP contribution in [0.1, 0.15) is 31.2 Å². The van der Waals surface area contributed by atoms with E-state index in [0.717, 1.165) is 36.6 Å². The summed E-state index contributed by atoms with van der Waals surface area (Å²) in [7, 11) is -1.89. The molecule has 1 aliphatic rings. The van der Waals surface area contributed by atoms with Crippen molar-refractivity contribution < 1.29 is 13.2 Å². The molecule has 0 amide bonds. The molecule has 2 N–H and O–H groups in total. The van der Waals surface area contributed by atoms with Crippen molar-refractivity contribution in [2.75, 3.05) is 7.11 Å². The molecule has 0 atom stereocenters. The van der Waals surface area contributed by atoms with Crippen LogP contribution in [-0.2, 0) is 14.8 Å². The Hall–Kier alpha value is -1.70. The Morgan fingerprint density at radius 2 is 1.88 bits per heavy atom. The zero-order chi connectivity index (χ0) is 17.3. The summed E-state index contributed by atoms with van der Waals surface area (Å²) in [5.74, 6) is 0. The predicted molar refractivity (Wildman–Crippen MR) is 92.7 cm³/mol. The van der Waals surface area contributed by atoms with Crippen molar-refractivity contribution in [2.24, 2.45) is 0 Å². The summed E-state index contributed by atoms with van der Waals surface area (Å²) in [6.45, 7) is 1.80. The van der Waals surface area contributed by atoms with E-state index in [9.17, 15) is 13.2 Å². The van der Waals surface area contributed by atoms with E-state index in [-0.39, 0.29) is 22.6 Å². The Kier molecular flexibility index (Phi) is 4.76. The summed E-state index contributed by atoms with van der Waals surface area (Å²) in [5.41, 5.74) is 1.20. The molecule has 0 aliphatic heterocycles. The van der Waals surface area contributed by atoms with Crippen molar-refractivity contribution in [1.29, 1.82) is 0 Å². The van der Waals surface area contributed by atoms with Crippen LogP contribution in [0, 0.1) is 6.92 Å². The number of H-pyrrole nitrogens is 1. The van der Waals surface area contributed by atoms with E-state index < -0.39 is 10.0 Å². The molecule has 2 aromatic rings. The van der Waals surface area contributed by atoms with Crippen molar-refractivity contribution in [3.8, 4) is 0 Å². The molecule has 0 radical (unpaired) electrons. The minimum Gasteiger partial charge on any atom is -0.381 e. The second-order valence-electron chi connectivity index (χ2n) is 6.35. The van der Waals surface area contributed by atoms with Gasteiger partial charge in [-0.15, -0.1) is 0 Å². The topological polar surface area (TPSA) is 88.3 Å². The third kappa shape index (κ3) is 3.53. The fourth-order valence-corrected chi connectivity index (χ4v) is 4.60. The molecule has 6 nitrogen and oxygen atoms in total. The standard InChI is InChI=1S/C17H22N2O4S/c1-11-9-17(20)18-16-8-7-14(10-15(11)16)24(21,22)19-12-3-5-13(23-2)6-4-12/h7-10,12-13,19H,3-6H2,1-2H3,(H,18,20). The minimum absolute atomic E-state index is 0.0613. The Balaban J connectivity index is 1.85. The van der Waals surface area contributed by atoms with Crippen molar-refractivity contribution in [2.45, 2.75) is 49.6 Å². The number of hydrogen-bond donors (Lipinski definition) is 2. The van der Waals surface area contributed by atoms with Crippen LogP contribution in [0.15, 0.2) is 34.0 Å². The van der Waals surface area contributed by atoms with Crippen LogP contribution in [0.5, 0.6) is 0 Å². The molecular formula is C17H22N2O4S. The highest BCUT2D eigenvalue weighted by atomic mass is 32.2. The van der Waals surface area contributed by atoms with Crippen molar-refractivity contribution in [3.63, 3.8) is 0 Å². The van der Waals surface area contributed by atoms with Gasteiger partial charge in [0, 0.05) is 30.1 Å².